The maximum atomic E-state index is 11.8. The highest BCUT2D eigenvalue weighted by atomic mass is 16.5. The molecule has 0 unspecified atom stereocenters. The van der Waals surface area contributed by atoms with Gasteiger partial charge in [0.1, 0.15) is 0 Å². The van der Waals surface area contributed by atoms with E-state index in [2.05, 4.69) is 15.2 Å². The van der Waals surface area contributed by atoms with Crippen LogP contribution in [-0.4, -0.2) is 37.1 Å². The van der Waals surface area contributed by atoms with Crippen molar-refractivity contribution in [3.8, 4) is 5.69 Å². The van der Waals surface area contributed by atoms with Gasteiger partial charge in [-0.05, 0) is 33.8 Å². The first-order chi connectivity index (χ1) is 11.4. The highest BCUT2D eigenvalue weighted by Crippen LogP contribution is 2.23. The monoisotopic (exact) mass is 327 g/mol. The minimum absolute atomic E-state index is 0.229. The molecule has 3 aromatic heterocycles. The molecule has 0 radical (unpaired) electrons. The van der Waals surface area contributed by atoms with Crippen molar-refractivity contribution >= 4 is 17.0 Å². The maximum absolute atomic E-state index is 11.8. The van der Waals surface area contributed by atoms with E-state index in [1.54, 1.807) is 11.6 Å². The molecule has 0 aliphatic heterocycles. The summed E-state index contributed by atoms with van der Waals surface area (Å²) in [5, 5.41) is 9.89. The third-order valence-corrected chi connectivity index (χ3v) is 4.07. The Labute approximate surface area is 140 Å². The van der Waals surface area contributed by atoms with Crippen molar-refractivity contribution in [2.75, 3.05) is 6.61 Å². The Kier molecular flexibility index (Phi) is 4.09. The minimum atomic E-state index is -0.235. The Morgan fingerprint density at radius 3 is 2.67 bits per heavy atom. The van der Waals surface area contributed by atoms with Gasteiger partial charge < -0.3 is 4.74 Å². The molecule has 0 aliphatic carbocycles. The van der Waals surface area contributed by atoms with Gasteiger partial charge in [0.15, 0.2) is 5.65 Å². The van der Waals surface area contributed by atoms with E-state index in [4.69, 9.17) is 4.74 Å². The van der Waals surface area contributed by atoms with E-state index in [0.717, 1.165) is 33.7 Å². The predicted octanol–water partition coefficient (Wildman–Crippen LogP) is 2.18. The Balaban J connectivity index is 2.07. The van der Waals surface area contributed by atoms with E-state index in [1.807, 2.05) is 44.8 Å². The second kappa shape index (κ2) is 6.07. The summed E-state index contributed by atoms with van der Waals surface area (Å²) in [4.78, 5) is 16.4. The molecule has 0 saturated heterocycles. The third-order valence-electron chi connectivity index (χ3n) is 4.07. The van der Waals surface area contributed by atoms with Crippen LogP contribution < -0.4 is 0 Å². The van der Waals surface area contributed by atoms with E-state index >= 15 is 0 Å². The van der Waals surface area contributed by atoms with Crippen LogP contribution in [0.25, 0.3) is 16.7 Å². The number of rotatable bonds is 4. The van der Waals surface area contributed by atoms with Gasteiger partial charge in [0.2, 0.25) is 0 Å². The SMILES string of the molecule is CCOC(=O)Cc1c(C)nn(-c2cc3cn(C)nc3nc2C)c1C. The van der Waals surface area contributed by atoms with Gasteiger partial charge in [0.05, 0.1) is 30.1 Å². The molecule has 0 bridgehead atoms. The fourth-order valence-electron chi connectivity index (χ4n) is 2.89. The number of fused-ring (bicyclic) bond motifs is 1. The zero-order chi connectivity index (χ0) is 17.4. The summed E-state index contributed by atoms with van der Waals surface area (Å²) in [5.74, 6) is -0.235. The lowest BCUT2D eigenvalue weighted by atomic mass is 10.1. The van der Waals surface area contributed by atoms with Gasteiger partial charge in [-0.1, -0.05) is 0 Å². The van der Waals surface area contributed by atoms with E-state index in [1.165, 1.54) is 0 Å². The molecule has 0 aliphatic rings. The summed E-state index contributed by atoms with van der Waals surface area (Å²) in [5.41, 5.74) is 5.10. The van der Waals surface area contributed by atoms with Crippen molar-refractivity contribution in [3.05, 3.63) is 34.9 Å². The van der Waals surface area contributed by atoms with Crippen molar-refractivity contribution in [2.45, 2.75) is 34.1 Å². The van der Waals surface area contributed by atoms with Crippen LogP contribution in [0.4, 0.5) is 0 Å². The quantitative estimate of drug-likeness (QED) is 0.687. The van der Waals surface area contributed by atoms with Gasteiger partial charge in [-0.25, -0.2) is 9.67 Å². The molecule has 3 heterocycles. The first-order valence-corrected chi connectivity index (χ1v) is 7.92. The summed E-state index contributed by atoms with van der Waals surface area (Å²) < 4.78 is 8.65. The highest BCUT2D eigenvalue weighted by molar-refractivity contribution is 5.77. The normalized spacial score (nSPS) is 11.2. The predicted molar refractivity (Wildman–Crippen MR) is 90.2 cm³/mol. The molecule has 7 nitrogen and oxygen atoms in total. The van der Waals surface area contributed by atoms with Crippen molar-refractivity contribution < 1.29 is 9.53 Å². The minimum Gasteiger partial charge on any atom is -0.466 e. The molecule has 0 spiro atoms. The standard InChI is InChI=1S/C17H21N5O2/c1-6-24-16(23)8-14-10(2)19-22(12(14)4)15-7-13-9-21(5)20-17(13)18-11(15)3/h7,9H,6,8H2,1-5H3. The molecule has 0 saturated carbocycles. The number of carbonyl (C=O) groups is 1. The van der Waals surface area contributed by atoms with Gasteiger partial charge in [-0.2, -0.15) is 10.2 Å². The van der Waals surface area contributed by atoms with E-state index < -0.39 is 0 Å². The average molecular weight is 327 g/mol. The molecule has 0 atom stereocenters. The molecule has 3 rings (SSSR count). The third kappa shape index (κ3) is 2.77. The number of nitrogens with zero attached hydrogens (tertiary/aromatic N) is 5. The van der Waals surface area contributed by atoms with Gasteiger partial charge in [0, 0.05) is 29.9 Å². The first kappa shape index (κ1) is 16.2. The van der Waals surface area contributed by atoms with Crippen LogP contribution in [0.1, 0.15) is 29.6 Å². The summed E-state index contributed by atoms with van der Waals surface area (Å²) in [6.45, 7) is 7.99. The summed E-state index contributed by atoms with van der Waals surface area (Å²) in [7, 11) is 1.87. The maximum Gasteiger partial charge on any atom is 0.310 e. The molecule has 24 heavy (non-hydrogen) atoms. The van der Waals surface area contributed by atoms with Crippen molar-refractivity contribution in [1.29, 1.82) is 0 Å². The highest BCUT2D eigenvalue weighted by Gasteiger charge is 2.18. The van der Waals surface area contributed by atoms with Gasteiger partial charge >= 0.3 is 5.97 Å². The van der Waals surface area contributed by atoms with Gasteiger partial charge in [-0.15, -0.1) is 0 Å². The molecule has 3 aromatic rings. The van der Waals surface area contributed by atoms with Crippen LogP contribution in [0.15, 0.2) is 12.3 Å². The van der Waals surface area contributed by atoms with E-state index in [9.17, 15) is 4.79 Å². The summed E-state index contributed by atoms with van der Waals surface area (Å²) in [6, 6.07) is 2.03. The number of ether oxygens (including phenoxy) is 1. The van der Waals surface area contributed by atoms with Crippen LogP contribution in [0, 0.1) is 20.8 Å². The largest absolute Gasteiger partial charge is 0.466 e. The fraction of sp³-hybridized carbons (Fsp3) is 0.412. The number of carbonyl (C=O) groups excluding carboxylic acids is 1. The number of hydrogen-bond acceptors (Lipinski definition) is 5. The molecule has 0 amide bonds. The van der Waals surface area contributed by atoms with E-state index in [-0.39, 0.29) is 12.4 Å². The van der Waals surface area contributed by atoms with Crippen LogP contribution >= 0.6 is 0 Å². The molecule has 126 valence electrons. The number of pyridine rings is 1. The van der Waals surface area contributed by atoms with Crippen molar-refractivity contribution in [3.63, 3.8) is 0 Å². The number of esters is 1. The first-order valence-electron chi connectivity index (χ1n) is 7.92. The van der Waals surface area contributed by atoms with Crippen molar-refractivity contribution in [1.82, 2.24) is 24.5 Å². The Morgan fingerprint density at radius 2 is 1.96 bits per heavy atom. The molecular formula is C17H21N5O2. The number of aryl methyl sites for hydroxylation is 3. The lowest BCUT2D eigenvalue weighted by molar-refractivity contribution is -0.142. The Bertz CT molecular complexity index is 923. The smallest absolute Gasteiger partial charge is 0.310 e. The van der Waals surface area contributed by atoms with E-state index in [0.29, 0.717) is 12.3 Å². The second-order valence-electron chi connectivity index (χ2n) is 5.85. The zero-order valence-corrected chi connectivity index (χ0v) is 14.6. The molecular weight excluding hydrogens is 306 g/mol. The van der Waals surface area contributed by atoms with Crippen LogP contribution in [-0.2, 0) is 23.0 Å². The van der Waals surface area contributed by atoms with Crippen LogP contribution in [0.5, 0.6) is 0 Å². The molecule has 0 N–H and O–H groups in total. The van der Waals surface area contributed by atoms with Crippen LogP contribution in [0.2, 0.25) is 0 Å². The average Bonchev–Trinajstić information content (AvgIpc) is 2.99. The Morgan fingerprint density at radius 1 is 1.21 bits per heavy atom. The lowest BCUT2D eigenvalue weighted by Gasteiger charge is -2.08. The van der Waals surface area contributed by atoms with Crippen molar-refractivity contribution in [2.24, 2.45) is 7.05 Å². The summed E-state index contributed by atoms with van der Waals surface area (Å²) >= 11 is 0. The molecule has 0 fully saturated rings. The number of aromatic nitrogens is 5. The fourth-order valence-corrected chi connectivity index (χ4v) is 2.89. The van der Waals surface area contributed by atoms with Crippen LogP contribution in [0.3, 0.4) is 0 Å². The lowest BCUT2D eigenvalue weighted by Crippen LogP contribution is -2.09. The molecule has 7 heteroatoms. The molecule has 0 aromatic carbocycles. The zero-order valence-electron chi connectivity index (χ0n) is 14.6. The second-order valence-corrected chi connectivity index (χ2v) is 5.85. The summed E-state index contributed by atoms with van der Waals surface area (Å²) in [6.07, 6.45) is 2.16. The van der Waals surface area contributed by atoms with Gasteiger partial charge in [-0.3, -0.25) is 9.48 Å². The van der Waals surface area contributed by atoms with Gasteiger partial charge in [0.25, 0.3) is 0 Å². The topological polar surface area (TPSA) is 74.8 Å². The Hall–Kier alpha value is -2.70. The number of hydrogen-bond donors (Lipinski definition) is 0.